The van der Waals surface area contributed by atoms with Gasteiger partial charge < -0.3 is 10.5 Å². The molecule has 5 nitrogen and oxygen atoms in total. The fourth-order valence-electron chi connectivity index (χ4n) is 1.21. The van der Waals surface area contributed by atoms with Crippen LogP contribution in [0.5, 0.6) is 5.75 Å². The smallest absolute Gasteiger partial charge is 0.141 e. The standard InChI is InChI=1S/C9H10N4O/c1-14-9-3-2-7(6-8(9)10)13-5-4-11-12-13/h2-6H,10H2,1H3. The van der Waals surface area contributed by atoms with E-state index in [2.05, 4.69) is 10.3 Å². The van der Waals surface area contributed by atoms with E-state index in [9.17, 15) is 0 Å². The molecule has 1 aromatic carbocycles. The molecule has 0 aliphatic carbocycles. The number of ether oxygens (including phenoxy) is 1. The minimum atomic E-state index is 0.584. The van der Waals surface area contributed by atoms with Crippen molar-refractivity contribution < 1.29 is 4.74 Å². The number of nitrogens with two attached hydrogens (primary N) is 1. The van der Waals surface area contributed by atoms with Crippen LogP contribution in [0.15, 0.2) is 30.6 Å². The summed E-state index contributed by atoms with van der Waals surface area (Å²) in [5, 5.41) is 7.57. The van der Waals surface area contributed by atoms with Gasteiger partial charge in [0.05, 0.1) is 30.9 Å². The third-order valence-electron chi connectivity index (χ3n) is 1.90. The fourth-order valence-corrected chi connectivity index (χ4v) is 1.21. The van der Waals surface area contributed by atoms with Crippen LogP contribution in [-0.2, 0) is 0 Å². The third-order valence-corrected chi connectivity index (χ3v) is 1.90. The van der Waals surface area contributed by atoms with E-state index in [4.69, 9.17) is 10.5 Å². The number of methoxy groups -OCH3 is 1. The van der Waals surface area contributed by atoms with Crippen LogP contribution in [0.1, 0.15) is 0 Å². The van der Waals surface area contributed by atoms with Gasteiger partial charge >= 0.3 is 0 Å². The summed E-state index contributed by atoms with van der Waals surface area (Å²) in [5.41, 5.74) is 7.20. The fraction of sp³-hybridized carbons (Fsp3) is 0.111. The van der Waals surface area contributed by atoms with E-state index in [0.29, 0.717) is 11.4 Å². The highest BCUT2D eigenvalue weighted by Gasteiger charge is 2.02. The summed E-state index contributed by atoms with van der Waals surface area (Å²) in [6.07, 6.45) is 3.36. The van der Waals surface area contributed by atoms with Crippen molar-refractivity contribution in [2.24, 2.45) is 0 Å². The Balaban J connectivity index is 2.43. The lowest BCUT2D eigenvalue weighted by atomic mass is 10.2. The molecule has 0 spiro atoms. The predicted molar refractivity (Wildman–Crippen MR) is 52.3 cm³/mol. The second-order valence-corrected chi connectivity index (χ2v) is 2.77. The first-order chi connectivity index (χ1) is 6.81. The van der Waals surface area contributed by atoms with Crippen LogP contribution < -0.4 is 10.5 Å². The van der Waals surface area contributed by atoms with Crippen LogP contribution in [0.4, 0.5) is 5.69 Å². The molecule has 0 amide bonds. The van der Waals surface area contributed by atoms with E-state index in [0.717, 1.165) is 5.69 Å². The number of benzene rings is 1. The highest BCUT2D eigenvalue weighted by atomic mass is 16.5. The maximum absolute atomic E-state index is 5.75. The lowest BCUT2D eigenvalue weighted by molar-refractivity contribution is 0.417. The van der Waals surface area contributed by atoms with E-state index >= 15 is 0 Å². The molecule has 0 unspecified atom stereocenters. The Morgan fingerprint density at radius 3 is 2.86 bits per heavy atom. The average molecular weight is 190 g/mol. The summed E-state index contributed by atoms with van der Waals surface area (Å²) in [4.78, 5) is 0. The SMILES string of the molecule is COc1ccc(-n2ccnn2)cc1N. The average Bonchev–Trinajstić information content (AvgIpc) is 2.70. The second-order valence-electron chi connectivity index (χ2n) is 2.77. The minimum Gasteiger partial charge on any atom is -0.495 e. The summed E-state index contributed by atoms with van der Waals surface area (Å²) in [7, 11) is 1.58. The number of rotatable bonds is 2. The molecule has 1 aromatic heterocycles. The first-order valence-electron chi connectivity index (χ1n) is 4.11. The van der Waals surface area contributed by atoms with Gasteiger partial charge in [-0.05, 0) is 18.2 Å². The largest absolute Gasteiger partial charge is 0.495 e. The van der Waals surface area contributed by atoms with Gasteiger partial charge in [0.15, 0.2) is 0 Å². The van der Waals surface area contributed by atoms with Crippen molar-refractivity contribution in [1.82, 2.24) is 15.0 Å². The van der Waals surface area contributed by atoms with Gasteiger partial charge in [-0.15, -0.1) is 5.10 Å². The Labute approximate surface area is 81.1 Å². The molecule has 14 heavy (non-hydrogen) atoms. The van der Waals surface area contributed by atoms with Crippen molar-refractivity contribution in [2.75, 3.05) is 12.8 Å². The number of anilines is 1. The van der Waals surface area contributed by atoms with Crippen LogP contribution in [-0.4, -0.2) is 22.1 Å². The van der Waals surface area contributed by atoms with Gasteiger partial charge in [0, 0.05) is 0 Å². The molecule has 0 saturated carbocycles. The Morgan fingerprint density at radius 1 is 1.43 bits per heavy atom. The quantitative estimate of drug-likeness (QED) is 0.713. The van der Waals surface area contributed by atoms with E-state index in [1.54, 1.807) is 36.3 Å². The molecular formula is C9H10N4O. The zero-order valence-electron chi connectivity index (χ0n) is 7.71. The molecule has 2 aromatic rings. The number of nitrogens with zero attached hydrogens (tertiary/aromatic N) is 3. The lowest BCUT2D eigenvalue weighted by Gasteiger charge is -2.06. The Morgan fingerprint density at radius 2 is 2.29 bits per heavy atom. The van der Waals surface area contributed by atoms with Gasteiger partial charge in [0.2, 0.25) is 0 Å². The van der Waals surface area contributed by atoms with E-state index in [1.807, 2.05) is 6.07 Å². The Hall–Kier alpha value is -2.04. The highest BCUT2D eigenvalue weighted by Crippen LogP contribution is 2.23. The Kier molecular flexibility index (Phi) is 2.06. The van der Waals surface area contributed by atoms with Gasteiger partial charge in [0.25, 0.3) is 0 Å². The van der Waals surface area contributed by atoms with Crippen LogP contribution in [0.2, 0.25) is 0 Å². The molecule has 1 heterocycles. The number of nitrogen functional groups attached to an aromatic ring is 1. The van der Waals surface area contributed by atoms with Crippen molar-refractivity contribution >= 4 is 5.69 Å². The van der Waals surface area contributed by atoms with Crippen molar-refractivity contribution in [3.63, 3.8) is 0 Å². The zero-order valence-corrected chi connectivity index (χ0v) is 7.71. The van der Waals surface area contributed by atoms with Gasteiger partial charge in [-0.2, -0.15) is 0 Å². The molecule has 0 saturated heterocycles. The van der Waals surface area contributed by atoms with Crippen LogP contribution >= 0.6 is 0 Å². The molecule has 2 rings (SSSR count). The summed E-state index contributed by atoms with van der Waals surface area (Å²) in [6.45, 7) is 0. The van der Waals surface area contributed by atoms with Crippen molar-refractivity contribution in [3.8, 4) is 11.4 Å². The third kappa shape index (κ3) is 1.39. The summed E-state index contributed by atoms with van der Waals surface area (Å²) < 4.78 is 6.68. The first-order valence-corrected chi connectivity index (χ1v) is 4.11. The molecule has 0 bridgehead atoms. The zero-order chi connectivity index (χ0) is 9.97. The van der Waals surface area contributed by atoms with E-state index in [1.165, 1.54) is 0 Å². The minimum absolute atomic E-state index is 0.584. The van der Waals surface area contributed by atoms with Gasteiger partial charge in [-0.3, -0.25) is 0 Å². The number of hydrogen-bond acceptors (Lipinski definition) is 4. The van der Waals surface area contributed by atoms with Crippen LogP contribution in [0.3, 0.4) is 0 Å². The second kappa shape index (κ2) is 3.37. The van der Waals surface area contributed by atoms with Crippen LogP contribution in [0.25, 0.3) is 5.69 Å². The molecule has 0 radical (unpaired) electrons. The number of aromatic nitrogens is 3. The van der Waals surface area contributed by atoms with Crippen molar-refractivity contribution in [1.29, 1.82) is 0 Å². The molecule has 0 aliphatic rings. The molecule has 5 heteroatoms. The number of hydrogen-bond donors (Lipinski definition) is 1. The summed E-state index contributed by atoms with van der Waals surface area (Å²) in [6, 6.07) is 5.45. The molecule has 0 aliphatic heterocycles. The maximum atomic E-state index is 5.75. The Bertz CT molecular complexity index is 424. The molecular weight excluding hydrogens is 180 g/mol. The van der Waals surface area contributed by atoms with Crippen molar-refractivity contribution in [3.05, 3.63) is 30.6 Å². The van der Waals surface area contributed by atoms with Crippen LogP contribution in [0, 0.1) is 0 Å². The molecule has 0 fully saturated rings. The monoisotopic (exact) mass is 190 g/mol. The van der Waals surface area contributed by atoms with Gasteiger partial charge in [-0.1, -0.05) is 5.21 Å². The van der Waals surface area contributed by atoms with Crippen molar-refractivity contribution in [2.45, 2.75) is 0 Å². The van der Waals surface area contributed by atoms with E-state index in [-0.39, 0.29) is 0 Å². The van der Waals surface area contributed by atoms with Gasteiger partial charge in [-0.25, -0.2) is 4.68 Å². The molecule has 2 N–H and O–H groups in total. The maximum Gasteiger partial charge on any atom is 0.141 e. The summed E-state index contributed by atoms with van der Waals surface area (Å²) in [5.74, 6) is 0.661. The highest BCUT2D eigenvalue weighted by molar-refractivity contribution is 5.57. The molecule has 72 valence electrons. The lowest BCUT2D eigenvalue weighted by Crippen LogP contribution is -1.98. The predicted octanol–water partition coefficient (Wildman–Crippen LogP) is 0.858. The normalized spacial score (nSPS) is 10.1. The molecule has 0 atom stereocenters. The first kappa shape index (κ1) is 8.55. The summed E-state index contributed by atoms with van der Waals surface area (Å²) >= 11 is 0. The van der Waals surface area contributed by atoms with Gasteiger partial charge in [0.1, 0.15) is 5.75 Å². The topological polar surface area (TPSA) is 66.0 Å². The van der Waals surface area contributed by atoms with E-state index < -0.39 is 0 Å².